The zero-order valence-electron chi connectivity index (χ0n) is 18.4. The molecule has 0 aromatic carbocycles. The van der Waals surface area contributed by atoms with Crippen molar-refractivity contribution in [3.8, 4) is 6.07 Å². The summed E-state index contributed by atoms with van der Waals surface area (Å²) in [7, 11) is 1.38. The topological polar surface area (TPSA) is 98.6 Å². The van der Waals surface area contributed by atoms with Gasteiger partial charge in [-0.1, -0.05) is 6.92 Å². The molecule has 1 fully saturated rings. The number of fused-ring (bicyclic) bond motifs is 1. The van der Waals surface area contributed by atoms with Crippen LogP contribution in [0.2, 0.25) is 0 Å². The minimum Gasteiger partial charge on any atom is -0.465 e. The highest BCUT2D eigenvalue weighted by atomic mass is 32.1. The second-order valence-corrected chi connectivity index (χ2v) is 9.48. The highest BCUT2D eigenvalue weighted by Gasteiger charge is 2.29. The van der Waals surface area contributed by atoms with Crippen LogP contribution in [0, 0.1) is 17.2 Å². The van der Waals surface area contributed by atoms with E-state index in [1.165, 1.54) is 23.3 Å². The number of carbonyl (C=O) groups excluding carboxylic acids is 2. The Kier molecular flexibility index (Phi) is 6.72. The van der Waals surface area contributed by atoms with Gasteiger partial charge < -0.3 is 15.0 Å². The Morgan fingerprint density at radius 1 is 1.34 bits per heavy atom. The lowest BCUT2D eigenvalue weighted by atomic mass is 9.88. The highest BCUT2D eigenvalue weighted by Crippen LogP contribution is 2.40. The molecule has 1 amide bonds. The number of amides is 1. The minimum atomic E-state index is -0.381. The molecule has 8 nitrogen and oxygen atoms in total. The molecule has 1 atom stereocenters. The van der Waals surface area contributed by atoms with Gasteiger partial charge in [0, 0.05) is 37.3 Å². The smallest absolute Gasteiger partial charge is 0.341 e. The van der Waals surface area contributed by atoms with Crippen molar-refractivity contribution in [2.75, 3.05) is 50.1 Å². The number of ether oxygens (including phenoxy) is 1. The molecule has 168 valence electrons. The summed E-state index contributed by atoms with van der Waals surface area (Å²) < 4.78 is 5.00. The summed E-state index contributed by atoms with van der Waals surface area (Å²) >= 11 is 1.51. The van der Waals surface area contributed by atoms with Crippen LogP contribution >= 0.6 is 11.3 Å². The molecule has 0 bridgehead atoms. The van der Waals surface area contributed by atoms with Crippen LogP contribution in [0.1, 0.15) is 39.7 Å². The Hall–Kier alpha value is -2.96. The van der Waals surface area contributed by atoms with E-state index < -0.39 is 0 Å². The molecule has 2 aromatic heterocycles. The van der Waals surface area contributed by atoms with Crippen molar-refractivity contribution in [3.63, 3.8) is 0 Å². The van der Waals surface area contributed by atoms with E-state index in [1.54, 1.807) is 18.3 Å². The van der Waals surface area contributed by atoms with Crippen molar-refractivity contribution in [1.29, 1.82) is 5.26 Å². The Labute approximate surface area is 191 Å². The normalized spacial score (nSPS) is 18.5. The summed E-state index contributed by atoms with van der Waals surface area (Å²) in [6, 6.07) is 5.62. The van der Waals surface area contributed by atoms with Crippen LogP contribution in [0.3, 0.4) is 0 Å². The van der Waals surface area contributed by atoms with Gasteiger partial charge in [0.1, 0.15) is 10.8 Å². The van der Waals surface area contributed by atoms with Crippen molar-refractivity contribution < 1.29 is 14.3 Å². The highest BCUT2D eigenvalue weighted by molar-refractivity contribution is 7.17. The van der Waals surface area contributed by atoms with E-state index in [9.17, 15) is 9.59 Å². The first kappa shape index (κ1) is 22.2. The maximum atomic E-state index is 12.8. The number of esters is 1. The van der Waals surface area contributed by atoms with Gasteiger partial charge in [0.05, 0.1) is 30.9 Å². The van der Waals surface area contributed by atoms with Gasteiger partial charge in [-0.25, -0.2) is 9.78 Å². The summed E-state index contributed by atoms with van der Waals surface area (Å²) in [4.78, 5) is 35.0. The number of pyridine rings is 1. The van der Waals surface area contributed by atoms with Crippen molar-refractivity contribution >= 4 is 34.0 Å². The molecule has 0 radical (unpaired) electrons. The predicted molar refractivity (Wildman–Crippen MR) is 123 cm³/mol. The number of piperazine rings is 1. The first-order chi connectivity index (χ1) is 15.5. The summed E-state index contributed by atoms with van der Waals surface area (Å²) in [5.41, 5.74) is 2.16. The molecule has 1 N–H and O–H groups in total. The molecule has 2 aliphatic rings. The van der Waals surface area contributed by atoms with Crippen molar-refractivity contribution in [1.82, 2.24) is 9.88 Å². The average Bonchev–Trinajstić information content (AvgIpc) is 3.15. The lowest BCUT2D eigenvalue weighted by molar-refractivity contribution is -0.117. The third kappa shape index (κ3) is 4.76. The fourth-order valence-corrected chi connectivity index (χ4v) is 5.74. The monoisotopic (exact) mass is 453 g/mol. The maximum Gasteiger partial charge on any atom is 0.341 e. The van der Waals surface area contributed by atoms with Crippen LogP contribution in [0.15, 0.2) is 18.3 Å². The molecule has 9 heteroatoms. The van der Waals surface area contributed by atoms with Crippen molar-refractivity contribution in [3.05, 3.63) is 39.9 Å². The summed E-state index contributed by atoms with van der Waals surface area (Å²) in [6.07, 6.45) is 4.46. The van der Waals surface area contributed by atoms with E-state index in [2.05, 4.69) is 33.1 Å². The molecule has 2 aromatic rings. The molecule has 1 saturated heterocycles. The van der Waals surface area contributed by atoms with Crippen molar-refractivity contribution in [2.24, 2.45) is 5.92 Å². The van der Waals surface area contributed by atoms with E-state index >= 15 is 0 Å². The first-order valence-electron chi connectivity index (χ1n) is 10.8. The second-order valence-electron chi connectivity index (χ2n) is 8.37. The molecule has 0 spiro atoms. The fraction of sp³-hybridized carbons (Fsp3) is 0.478. The van der Waals surface area contributed by atoms with Crippen LogP contribution in [0.25, 0.3) is 0 Å². The van der Waals surface area contributed by atoms with Crippen LogP contribution < -0.4 is 10.2 Å². The standard InChI is InChI=1S/C23H27N5O3S/c1-15-3-4-17-18(11-15)32-22(21(17)23(30)31-2)26-20(29)14-27-7-9-28(10-8-27)19-12-16(13-24)5-6-25-19/h5-6,12,15H,3-4,7-11,14H2,1-2H3,(H,26,29). The number of hydrogen-bond acceptors (Lipinski definition) is 8. The lowest BCUT2D eigenvalue weighted by Gasteiger charge is -2.35. The Bertz CT molecular complexity index is 1050. The second kappa shape index (κ2) is 9.67. The number of methoxy groups -OCH3 is 1. The number of carbonyl (C=O) groups is 2. The zero-order valence-corrected chi connectivity index (χ0v) is 19.2. The molecule has 0 saturated carbocycles. The van der Waals surface area contributed by atoms with Gasteiger partial charge in [0.2, 0.25) is 5.91 Å². The van der Waals surface area contributed by atoms with Gasteiger partial charge in [-0.3, -0.25) is 9.69 Å². The predicted octanol–water partition coefficient (Wildman–Crippen LogP) is 2.69. The summed E-state index contributed by atoms with van der Waals surface area (Å²) in [6.45, 7) is 5.37. The SMILES string of the molecule is COC(=O)c1c(NC(=O)CN2CCN(c3cc(C#N)ccn3)CC2)sc2c1CCC(C)C2. The number of hydrogen-bond donors (Lipinski definition) is 1. The first-order valence-corrected chi connectivity index (χ1v) is 11.7. The molecule has 1 aliphatic heterocycles. The Balaban J connectivity index is 1.37. The summed E-state index contributed by atoms with van der Waals surface area (Å²) in [5, 5.41) is 12.7. The van der Waals surface area contributed by atoms with E-state index in [0.29, 0.717) is 35.1 Å². The third-order valence-corrected chi connectivity index (χ3v) is 7.26. The largest absolute Gasteiger partial charge is 0.465 e. The van der Waals surface area contributed by atoms with Gasteiger partial charge in [-0.2, -0.15) is 5.26 Å². The fourth-order valence-electron chi connectivity index (χ4n) is 4.32. The van der Waals surface area contributed by atoms with Gasteiger partial charge in [-0.05, 0) is 42.9 Å². The van der Waals surface area contributed by atoms with Crippen LogP contribution in [-0.2, 0) is 22.4 Å². The van der Waals surface area contributed by atoms with Crippen LogP contribution in [0.4, 0.5) is 10.8 Å². The number of aromatic nitrogens is 1. The van der Waals surface area contributed by atoms with Gasteiger partial charge in [0.25, 0.3) is 0 Å². The lowest BCUT2D eigenvalue weighted by Crippen LogP contribution is -2.49. The van der Waals surface area contributed by atoms with Crippen LogP contribution in [-0.4, -0.2) is 61.6 Å². The molecule has 4 rings (SSSR count). The average molecular weight is 454 g/mol. The molecular weight excluding hydrogens is 426 g/mol. The summed E-state index contributed by atoms with van der Waals surface area (Å²) in [5.74, 6) is 0.858. The minimum absolute atomic E-state index is 0.125. The van der Waals surface area contributed by atoms with E-state index in [4.69, 9.17) is 10.00 Å². The van der Waals surface area contributed by atoms with Crippen molar-refractivity contribution in [2.45, 2.75) is 26.2 Å². The Morgan fingerprint density at radius 2 is 2.12 bits per heavy atom. The van der Waals surface area contributed by atoms with Gasteiger partial charge in [0.15, 0.2) is 0 Å². The zero-order chi connectivity index (χ0) is 22.7. The number of anilines is 2. The third-order valence-electron chi connectivity index (χ3n) is 6.09. The molecule has 3 heterocycles. The van der Waals surface area contributed by atoms with E-state index in [0.717, 1.165) is 43.7 Å². The molecule has 1 unspecified atom stereocenters. The molecular formula is C23H27N5O3S. The number of rotatable bonds is 5. The Morgan fingerprint density at radius 3 is 2.84 bits per heavy atom. The molecule has 1 aliphatic carbocycles. The van der Waals surface area contributed by atoms with Gasteiger partial charge >= 0.3 is 5.97 Å². The maximum absolute atomic E-state index is 12.8. The van der Waals surface area contributed by atoms with Crippen LogP contribution in [0.5, 0.6) is 0 Å². The number of thiophene rings is 1. The number of nitrogens with one attached hydrogen (secondary N) is 1. The molecule has 32 heavy (non-hydrogen) atoms. The van der Waals surface area contributed by atoms with E-state index in [-0.39, 0.29) is 18.4 Å². The van der Waals surface area contributed by atoms with Gasteiger partial charge in [-0.15, -0.1) is 11.3 Å². The number of nitriles is 1. The van der Waals surface area contributed by atoms with E-state index in [1.807, 2.05) is 0 Å². The quantitative estimate of drug-likeness (QED) is 0.695. The number of nitrogens with zero attached hydrogens (tertiary/aromatic N) is 4.